The molecule has 1 rings (SSSR count). The van der Waals surface area contributed by atoms with E-state index in [0.29, 0.717) is 26.1 Å². The molecule has 102 valence electrons. The zero-order valence-corrected chi connectivity index (χ0v) is 10.6. The number of nitrogens with one attached hydrogen (secondary N) is 2. The van der Waals surface area contributed by atoms with Gasteiger partial charge in [-0.2, -0.15) is 0 Å². The lowest BCUT2D eigenvalue weighted by Crippen LogP contribution is -2.37. The second-order valence-corrected chi connectivity index (χ2v) is 3.66. The maximum atomic E-state index is 11.3. The fraction of sp³-hybridized carbons (Fsp3) is 0.417. The maximum Gasteiger partial charge on any atom is 0.356 e. The second kappa shape index (κ2) is 7.76. The molecule has 7 heteroatoms. The Bertz CT molecular complexity index is 499. The molecule has 0 saturated heterocycles. The number of imidazole rings is 1. The van der Waals surface area contributed by atoms with Crippen molar-refractivity contribution in [1.29, 1.82) is 0 Å². The van der Waals surface area contributed by atoms with E-state index in [1.807, 2.05) is 0 Å². The Balaban J connectivity index is 2.19. The SMILES string of the molecule is CC#CCCNC(=O)NCCn1cnc(C(=O)O)c1. The molecule has 0 aliphatic heterocycles. The third-order valence-electron chi connectivity index (χ3n) is 2.22. The molecule has 0 aliphatic carbocycles. The van der Waals surface area contributed by atoms with Crippen molar-refractivity contribution in [3.63, 3.8) is 0 Å². The highest BCUT2D eigenvalue weighted by molar-refractivity contribution is 5.84. The van der Waals surface area contributed by atoms with Crippen LogP contribution in [0.4, 0.5) is 4.79 Å². The van der Waals surface area contributed by atoms with Gasteiger partial charge in [0, 0.05) is 32.3 Å². The molecule has 0 aromatic carbocycles. The summed E-state index contributed by atoms with van der Waals surface area (Å²) in [6.45, 7) is 3.10. The number of hydrogen-bond acceptors (Lipinski definition) is 3. The summed E-state index contributed by atoms with van der Waals surface area (Å²) in [4.78, 5) is 25.6. The summed E-state index contributed by atoms with van der Waals surface area (Å²) in [6, 6.07) is -0.267. The van der Waals surface area contributed by atoms with E-state index in [4.69, 9.17) is 5.11 Å². The summed E-state index contributed by atoms with van der Waals surface area (Å²) in [5.74, 6) is 4.51. The fourth-order valence-corrected chi connectivity index (χ4v) is 1.32. The van der Waals surface area contributed by atoms with Crippen LogP contribution in [0.3, 0.4) is 0 Å². The number of hydrogen-bond donors (Lipinski definition) is 3. The Kier molecular flexibility index (Phi) is 5.95. The first-order valence-corrected chi connectivity index (χ1v) is 5.80. The molecule has 3 N–H and O–H groups in total. The summed E-state index contributed by atoms with van der Waals surface area (Å²) in [7, 11) is 0. The Morgan fingerprint density at radius 2 is 2.16 bits per heavy atom. The number of amides is 2. The summed E-state index contributed by atoms with van der Waals surface area (Å²) in [6.07, 6.45) is 3.45. The lowest BCUT2D eigenvalue weighted by Gasteiger charge is -2.06. The molecule has 2 amide bonds. The van der Waals surface area contributed by atoms with Crippen LogP contribution in [0.1, 0.15) is 23.8 Å². The van der Waals surface area contributed by atoms with E-state index in [-0.39, 0.29) is 11.7 Å². The number of aromatic carboxylic acids is 1. The van der Waals surface area contributed by atoms with Crippen molar-refractivity contribution in [2.75, 3.05) is 13.1 Å². The molecular weight excluding hydrogens is 248 g/mol. The lowest BCUT2D eigenvalue weighted by molar-refractivity contribution is 0.0691. The van der Waals surface area contributed by atoms with Gasteiger partial charge in [0.05, 0.1) is 6.33 Å². The average molecular weight is 264 g/mol. The third-order valence-corrected chi connectivity index (χ3v) is 2.22. The Morgan fingerprint density at radius 3 is 2.79 bits per heavy atom. The van der Waals surface area contributed by atoms with Crippen molar-refractivity contribution in [3.8, 4) is 11.8 Å². The van der Waals surface area contributed by atoms with Gasteiger partial charge in [-0.1, -0.05) is 0 Å². The van der Waals surface area contributed by atoms with Crippen LogP contribution in [0.5, 0.6) is 0 Å². The Morgan fingerprint density at radius 1 is 1.42 bits per heavy atom. The molecule has 0 radical (unpaired) electrons. The smallest absolute Gasteiger partial charge is 0.356 e. The van der Waals surface area contributed by atoms with Crippen molar-refractivity contribution in [2.24, 2.45) is 0 Å². The number of carbonyl (C=O) groups excluding carboxylic acids is 1. The molecule has 1 aromatic heterocycles. The van der Waals surface area contributed by atoms with Gasteiger partial charge in [-0.3, -0.25) is 0 Å². The van der Waals surface area contributed by atoms with Crippen LogP contribution in [0.25, 0.3) is 0 Å². The molecule has 0 atom stereocenters. The minimum atomic E-state index is -1.07. The molecule has 0 bridgehead atoms. The van der Waals surface area contributed by atoms with Gasteiger partial charge in [0.15, 0.2) is 5.69 Å². The molecule has 0 fully saturated rings. The molecule has 7 nitrogen and oxygen atoms in total. The van der Waals surface area contributed by atoms with Gasteiger partial charge in [0.25, 0.3) is 0 Å². The molecule has 1 aromatic rings. The third kappa shape index (κ3) is 5.59. The van der Waals surface area contributed by atoms with Crippen molar-refractivity contribution in [3.05, 3.63) is 18.2 Å². The van der Waals surface area contributed by atoms with E-state index in [1.165, 1.54) is 12.5 Å². The summed E-state index contributed by atoms with van der Waals surface area (Å²) < 4.78 is 1.60. The molecular formula is C12H16N4O3. The van der Waals surface area contributed by atoms with Crippen LogP contribution >= 0.6 is 0 Å². The van der Waals surface area contributed by atoms with E-state index in [1.54, 1.807) is 11.5 Å². The first kappa shape index (κ1) is 14.6. The molecule has 0 saturated carbocycles. The van der Waals surface area contributed by atoms with Crippen molar-refractivity contribution < 1.29 is 14.7 Å². The van der Waals surface area contributed by atoms with Gasteiger partial charge in [0.1, 0.15) is 0 Å². The monoisotopic (exact) mass is 264 g/mol. The van der Waals surface area contributed by atoms with E-state index < -0.39 is 5.97 Å². The second-order valence-electron chi connectivity index (χ2n) is 3.66. The standard InChI is InChI=1S/C12H16N4O3/c1-2-3-4-5-13-12(19)14-6-7-16-8-10(11(17)18)15-9-16/h8-9H,4-7H2,1H3,(H,17,18)(H2,13,14,19). The van der Waals surface area contributed by atoms with Crippen LogP contribution in [0.15, 0.2) is 12.5 Å². The normalized spacial score (nSPS) is 9.32. The van der Waals surface area contributed by atoms with Gasteiger partial charge >= 0.3 is 12.0 Å². The highest BCUT2D eigenvalue weighted by atomic mass is 16.4. The minimum Gasteiger partial charge on any atom is -0.476 e. The van der Waals surface area contributed by atoms with Gasteiger partial charge in [-0.15, -0.1) is 11.8 Å². The molecule has 1 heterocycles. The fourth-order valence-electron chi connectivity index (χ4n) is 1.32. The summed E-state index contributed by atoms with van der Waals surface area (Å²) in [5, 5.41) is 14.0. The Hall–Kier alpha value is -2.49. The number of urea groups is 1. The number of rotatable bonds is 6. The molecule has 0 unspecified atom stereocenters. The van der Waals surface area contributed by atoms with Crippen molar-refractivity contribution in [1.82, 2.24) is 20.2 Å². The van der Waals surface area contributed by atoms with E-state index in [0.717, 1.165) is 0 Å². The van der Waals surface area contributed by atoms with Gasteiger partial charge in [-0.05, 0) is 6.92 Å². The Labute approximate surface area is 111 Å². The van der Waals surface area contributed by atoms with E-state index in [2.05, 4.69) is 27.5 Å². The number of carbonyl (C=O) groups is 2. The summed E-state index contributed by atoms with van der Waals surface area (Å²) >= 11 is 0. The number of carboxylic acids is 1. The predicted octanol–water partition coefficient (Wildman–Crippen LogP) is 0.294. The topological polar surface area (TPSA) is 96.3 Å². The lowest BCUT2D eigenvalue weighted by atomic mass is 10.4. The van der Waals surface area contributed by atoms with Crippen LogP contribution in [0, 0.1) is 11.8 Å². The van der Waals surface area contributed by atoms with Gasteiger partial charge in [-0.25, -0.2) is 14.6 Å². The van der Waals surface area contributed by atoms with Gasteiger partial charge in [0.2, 0.25) is 0 Å². The van der Waals surface area contributed by atoms with Crippen LogP contribution in [-0.2, 0) is 6.54 Å². The predicted molar refractivity (Wildman–Crippen MR) is 68.7 cm³/mol. The number of aromatic nitrogens is 2. The zero-order valence-electron chi connectivity index (χ0n) is 10.6. The van der Waals surface area contributed by atoms with E-state index >= 15 is 0 Å². The van der Waals surface area contributed by atoms with Gasteiger partial charge < -0.3 is 20.3 Å². The first-order valence-electron chi connectivity index (χ1n) is 5.80. The summed E-state index contributed by atoms with van der Waals surface area (Å²) in [5.41, 5.74) is -0.0115. The number of carboxylic acid groups (broad SMARTS) is 1. The van der Waals surface area contributed by atoms with Crippen LogP contribution in [0.2, 0.25) is 0 Å². The van der Waals surface area contributed by atoms with E-state index in [9.17, 15) is 9.59 Å². The average Bonchev–Trinajstić information content (AvgIpc) is 2.84. The highest BCUT2D eigenvalue weighted by Gasteiger charge is 2.06. The molecule has 19 heavy (non-hydrogen) atoms. The first-order chi connectivity index (χ1) is 9.13. The zero-order chi connectivity index (χ0) is 14.1. The molecule has 0 spiro atoms. The van der Waals surface area contributed by atoms with Crippen molar-refractivity contribution >= 4 is 12.0 Å². The van der Waals surface area contributed by atoms with Crippen molar-refractivity contribution in [2.45, 2.75) is 19.9 Å². The maximum absolute atomic E-state index is 11.3. The van der Waals surface area contributed by atoms with Crippen LogP contribution < -0.4 is 10.6 Å². The highest BCUT2D eigenvalue weighted by Crippen LogP contribution is 1.95. The molecule has 0 aliphatic rings. The van der Waals surface area contributed by atoms with Crippen LogP contribution in [-0.4, -0.2) is 39.7 Å². The minimum absolute atomic E-state index is 0.0115. The number of nitrogens with zero attached hydrogens (tertiary/aromatic N) is 2. The largest absolute Gasteiger partial charge is 0.476 e. The quantitative estimate of drug-likeness (QED) is 0.508.